The molecule has 0 amide bonds. The Bertz CT molecular complexity index is 1530. The molecule has 1 saturated carbocycles. The van der Waals surface area contributed by atoms with Crippen LogP contribution in [0.15, 0.2) is 48.7 Å². The summed E-state index contributed by atoms with van der Waals surface area (Å²) < 4.78 is 12.3. The number of fused-ring (bicyclic) bond motifs is 3. The standard InChI is InChI=1S/C37H45ClN2O4/c1-23(22-44-32-11-16-39-31-10-5-7-24(2)34(31)32)17-27-19-26-18-25(3)33(43-4)21-30(26)36(27)12-14-37(15-13-36,35(41)42)40-29-9-6-8-28(38)20-29/h6,8-9,11,16,18,20-21,23-24,27,40H,5,7,10,12-15,17,19,22H2,1-4H3,(H,41,42)/t23-,24-,27?,36?,37?/m1/s1. The zero-order valence-electron chi connectivity index (χ0n) is 26.4. The molecule has 3 aliphatic rings. The van der Waals surface area contributed by atoms with E-state index in [2.05, 4.69) is 43.2 Å². The van der Waals surface area contributed by atoms with Crippen LogP contribution in [0, 0.1) is 18.8 Å². The van der Waals surface area contributed by atoms with Gasteiger partial charge in [0.1, 0.15) is 17.0 Å². The molecule has 0 aliphatic heterocycles. The molecule has 234 valence electrons. The Kier molecular flexibility index (Phi) is 8.58. The van der Waals surface area contributed by atoms with Gasteiger partial charge in [0.05, 0.1) is 13.7 Å². The van der Waals surface area contributed by atoms with Crippen LogP contribution in [0.1, 0.15) is 92.7 Å². The Labute approximate surface area is 266 Å². The van der Waals surface area contributed by atoms with E-state index in [9.17, 15) is 9.90 Å². The molecule has 3 aliphatic carbocycles. The van der Waals surface area contributed by atoms with Gasteiger partial charge in [0.2, 0.25) is 0 Å². The maximum atomic E-state index is 12.8. The largest absolute Gasteiger partial charge is 0.496 e. The first-order valence-corrected chi connectivity index (χ1v) is 16.6. The highest BCUT2D eigenvalue weighted by Gasteiger charge is 2.54. The third-order valence-corrected chi connectivity index (χ3v) is 11.0. The molecular formula is C37H45ClN2O4. The fourth-order valence-corrected chi connectivity index (χ4v) is 8.67. The third-order valence-electron chi connectivity index (χ3n) is 10.8. The summed E-state index contributed by atoms with van der Waals surface area (Å²) >= 11 is 6.25. The minimum Gasteiger partial charge on any atom is -0.496 e. The number of hydrogen-bond donors (Lipinski definition) is 2. The van der Waals surface area contributed by atoms with E-state index in [1.54, 1.807) is 19.2 Å². The van der Waals surface area contributed by atoms with Crippen LogP contribution in [0.2, 0.25) is 5.02 Å². The lowest BCUT2D eigenvalue weighted by atomic mass is 9.59. The molecule has 7 heteroatoms. The molecule has 3 aromatic rings. The van der Waals surface area contributed by atoms with Gasteiger partial charge in [0.15, 0.2) is 0 Å². The van der Waals surface area contributed by atoms with E-state index >= 15 is 0 Å². The highest BCUT2D eigenvalue weighted by atomic mass is 35.5. The van der Waals surface area contributed by atoms with E-state index in [1.807, 2.05) is 24.4 Å². The second kappa shape index (κ2) is 12.3. The number of pyridine rings is 1. The van der Waals surface area contributed by atoms with Gasteiger partial charge >= 0.3 is 5.97 Å². The monoisotopic (exact) mass is 616 g/mol. The number of rotatable bonds is 9. The van der Waals surface area contributed by atoms with Crippen molar-refractivity contribution in [2.45, 2.75) is 95.4 Å². The molecule has 1 heterocycles. The van der Waals surface area contributed by atoms with Gasteiger partial charge < -0.3 is 19.9 Å². The quantitative estimate of drug-likeness (QED) is 0.251. The van der Waals surface area contributed by atoms with Crippen molar-refractivity contribution in [3.05, 3.63) is 81.6 Å². The van der Waals surface area contributed by atoms with E-state index in [0.29, 0.717) is 42.2 Å². The van der Waals surface area contributed by atoms with Crippen molar-refractivity contribution in [1.29, 1.82) is 0 Å². The predicted molar refractivity (Wildman–Crippen MR) is 175 cm³/mol. The Morgan fingerprint density at radius 2 is 1.95 bits per heavy atom. The Morgan fingerprint density at radius 1 is 1.16 bits per heavy atom. The number of nitrogens with one attached hydrogen (secondary N) is 1. The minimum atomic E-state index is -1.04. The predicted octanol–water partition coefficient (Wildman–Crippen LogP) is 8.52. The number of methoxy groups -OCH3 is 1. The second-order valence-electron chi connectivity index (χ2n) is 13.7. The number of carboxylic acids is 1. The van der Waals surface area contributed by atoms with Gasteiger partial charge in [-0.3, -0.25) is 4.98 Å². The zero-order valence-corrected chi connectivity index (χ0v) is 27.2. The molecule has 1 spiro atoms. The number of anilines is 1. The molecule has 6 rings (SSSR count). The number of benzene rings is 2. The summed E-state index contributed by atoms with van der Waals surface area (Å²) in [6.07, 6.45) is 9.95. The lowest BCUT2D eigenvalue weighted by Gasteiger charge is -2.47. The van der Waals surface area contributed by atoms with Crippen LogP contribution in [0.5, 0.6) is 11.5 Å². The number of aliphatic carboxylic acids is 1. The molecule has 1 unspecified atom stereocenters. The number of halogens is 1. The SMILES string of the molecule is COc1cc2c(cc1C)CC(C[C@@H](C)COc1ccnc3c1[C@H](C)CCC3)C21CCC(Nc2cccc(Cl)c2)(C(=O)O)CC1. The average Bonchev–Trinajstić information content (AvgIpc) is 3.27. The maximum Gasteiger partial charge on any atom is 0.329 e. The summed E-state index contributed by atoms with van der Waals surface area (Å²) in [4.78, 5) is 17.5. The van der Waals surface area contributed by atoms with Gasteiger partial charge in [0, 0.05) is 28.2 Å². The summed E-state index contributed by atoms with van der Waals surface area (Å²) in [5.74, 6) is 2.30. The molecule has 1 aromatic heterocycles. The average molecular weight is 617 g/mol. The zero-order chi connectivity index (χ0) is 31.1. The fourth-order valence-electron chi connectivity index (χ4n) is 8.48. The lowest BCUT2D eigenvalue weighted by molar-refractivity contribution is -0.144. The minimum absolute atomic E-state index is 0.107. The van der Waals surface area contributed by atoms with Gasteiger partial charge in [-0.05, 0) is 135 Å². The number of aryl methyl sites for hydroxylation is 2. The first kappa shape index (κ1) is 30.8. The van der Waals surface area contributed by atoms with E-state index in [4.69, 9.17) is 21.1 Å². The van der Waals surface area contributed by atoms with Crippen LogP contribution in [0.4, 0.5) is 5.69 Å². The first-order valence-electron chi connectivity index (χ1n) is 16.2. The molecule has 0 bridgehead atoms. The third kappa shape index (κ3) is 5.66. The highest BCUT2D eigenvalue weighted by Crippen LogP contribution is 2.57. The topological polar surface area (TPSA) is 80.7 Å². The highest BCUT2D eigenvalue weighted by molar-refractivity contribution is 6.30. The van der Waals surface area contributed by atoms with E-state index in [1.165, 1.54) is 35.2 Å². The number of ether oxygens (including phenoxy) is 2. The lowest BCUT2D eigenvalue weighted by Crippen LogP contribution is -2.53. The van der Waals surface area contributed by atoms with Gasteiger partial charge in [0.25, 0.3) is 0 Å². The first-order chi connectivity index (χ1) is 21.1. The van der Waals surface area contributed by atoms with Gasteiger partial charge in [-0.1, -0.05) is 37.6 Å². The van der Waals surface area contributed by atoms with Crippen molar-refractivity contribution in [3.63, 3.8) is 0 Å². The van der Waals surface area contributed by atoms with Crippen molar-refractivity contribution in [1.82, 2.24) is 4.98 Å². The van der Waals surface area contributed by atoms with Crippen LogP contribution in [-0.4, -0.2) is 35.3 Å². The number of carboxylic acid groups (broad SMARTS) is 1. The van der Waals surface area contributed by atoms with E-state index in [-0.39, 0.29) is 5.41 Å². The van der Waals surface area contributed by atoms with Gasteiger partial charge in [-0.15, -0.1) is 0 Å². The summed E-state index contributed by atoms with van der Waals surface area (Å²) in [6, 6.07) is 13.9. The summed E-state index contributed by atoms with van der Waals surface area (Å²) in [5.41, 5.74) is 5.96. The smallest absolute Gasteiger partial charge is 0.329 e. The van der Waals surface area contributed by atoms with E-state index in [0.717, 1.165) is 54.9 Å². The van der Waals surface area contributed by atoms with Crippen molar-refractivity contribution in [3.8, 4) is 11.5 Å². The molecule has 2 aromatic carbocycles. The van der Waals surface area contributed by atoms with E-state index < -0.39 is 11.5 Å². The molecule has 44 heavy (non-hydrogen) atoms. The van der Waals surface area contributed by atoms with Gasteiger partial charge in [-0.25, -0.2) is 4.79 Å². The molecule has 6 nitrogen and oxygen atoms in total. The summed E-state index contributed by atoms with van der Waals surface area (Å²) in [7, 11) is 1.73. The molecule has 1 fully saturated rings. The molecule has 0 saturated heterocycles. The summed E-state index contributed by atoms with van der Waals surface area (Å²) in [6.45, 7) is 7.35. The fraction of sp³-hybridized carbons (Fsp3) is 0.514. The van der Waals surface area contributed by atoms with Crippen molar-refractivity contribution < 1.29 is 19.4 Å². The summed E-state index contributed by atoms with van der Waals surface area (Å²) in [5, 5.41) is 14.5. The molecule has 0 radical (unpaired) electrons. The Balaban J connectivity index is 1.24. The van der Waals surface area contributed by atoms with Crippen LogP contribution >= 0.6 is 11.6 Å². The van der Waals surface area contributed by atoms with Crippen molar-refractivity contribution in [2.24, 2.45) is 11.8 Å². The molecule has 3 atom stereocenters. The second-order valence-corrected chi connectivity index (χ2v) is 14.1. The number of nitrogens with zero attached hydrogens (tertiary/aromatic N) is 1. The number of aromatic nitrogens is 1. The normalized spacial score (nSPS) is 26.5. The van der Waals surface area contributed by atoms with Crippen LogP contribution in [-0.2, 0) is 23.1 Å². The van der Waals surface area contributed by atoms with Crippen LogP contribution in [0.25, 0.3) is 0 Å². The van der Waals surface area contributed by atoms with Crippen LogP contribution < -0.4 is 14.8 Å². The van der Waals surface area contributed by atoms with Gasteiger partial charge in [-0.2, -0.15) is 0 Å². The van der Waals surface area contributed by atoms with Crippen molar-refractivity contribution >= 4 is 23.3 Å². The maximum absolute atomic E-state index is 12.8. The Hall–Kier alpha value is -3.25. The molecule has 2 N–H and O–H groups in total. The number of carbonyl (C=O) groups is 1. The Morgan fingerprint density at radius 3 is 2.68 bits per heavy atom. The van der Waals surface area contributed by atoms with Crippen LogP contribution in [0.3, 0.4) is 0 Å². The number of hydrogen-bond acceptors (Lipinski definition) is 5. The van der Waals surface area contributed by atoms with Crippen molar-refractivity contribution in [2.75, 3.05) is 19.0 Å². The molecular weight excluding hydrogens is 572 g/mol.